The Hall–Kier alpha value is -2.44. The first-order valence-corrected chi connectivity index (χ1v) is 5.92. The second-order valence-corrected chi connectivity index (χ2v) is 4.23. The number of benzene rings is 1. The molecule has 0 N–H and O–H groups in total. The van der Waals surface area contributed by atoms with Crippen LogP contribution in [-0.4, -0.2) is 24.0 Å². The third-order valence-electron chi connectivity index (χ3n) is 2.88. The lowest BCUT2D eigenvalue weighted by atomic mass is 10.1. The van der Waals surface area contributed by atoms with Crippen LogP contribution in [0.3, 0.4) is 0 Å². The molecule has 0 aliphatic heterocycles. The van der Waals surface area contributed by atoms with Crippen LogP contribution in [-0.2, 0) is 11.8 Å². The second kappa shape index (κ2) is 5.51. The van der Waals surface area contributed by atoms with Crippen LogP contribution < -0.4 is 4.74 Å². The van der Waals surface area contributed by atoms with Crippen molar-refractivity contribution in [3.8, 4) is 17.0 Å². The summed E-state index contributed by atoms with van der Waals surface area (Å²) in [6.07, 6.45) is -4.75. The van der Waals surface area contributed by atoms with Crippen LogP contribution in [0.25, 0.3) is 11.3 Å². The van der Waals surface area contributed by atoms with Gasteiger partial charge in [0.1, 0.15) is 11.4 Å². The molecule has 0 saturated heterocycles. The molecule has 0 saturated carbocycles. The Labute approximate surface area is 118 Å². The normalized spacial score (nSPS) is 11.3. The summed E-state index contributed by atoms with van der Waals surface area (Å²) in [5.41, 5.74) is 1.37. The van der Waals surface area contributed by atoms with Crippen molar-refractivity contribution < 1.29 is 27.4 Å². The van der Waals surface area contributed by atoms with Crippen LogP contribution in [0.5, 0.6) is 5.75 Å². The molecular formula is C14H12F3NO3. The van der Waals surface area contributed by atoms with Gasteiger partial charge in [-0.25, -0.2) is 4.79 Å². The number of carbonyl (C=O) groups is 1. The van der Waals surface area contributed by atoms with Gasteiger partial charge in [0.15, 0.2) is 0 Å². The fourth-order valence-corrected chi connectivity index (χ4v) is 1.96. The molecule has 0 atom stereocenters. The van der Waals surface area contributed by atoms with Gasteiger partial charge in [0.25, 0.3) is 0 Å². The third-order valence-corrected chi connectivity index (χ3v) is 2.88. The summed E-state index contributed by atoms with van der Waals surface area (Å²) < 4.78 is 46.7. The number of hydrogen-bond donors (Lipinski definition) is 0. The molecule has 0 radical (unpaired) electrons. The van der Waals surface area contributed by atoms with Crippen LogP contribution in [0.15, 0.2) is 36.4 Å². The maximum Gasteiger partial charge on any atom is 0.573 e. The highest BCUT2D eigenvalue weighted by Crippen LogP contribution is 2.28. The molecule has 0 spiro atoms. The van der Waals surface area contributed by atoms with Gasteiger partial charge < -0.3 is 14.0 Å². The summed E-state index contributed by atoms with van der Waals surface area (Å²) in [5.74, 6) is -0.840. The largest absolute Gasteiger partial charge is 0.573 e. The first-order valence-electron chi connectivity index (χ1n) is 5.92. The average molecular weight is 299 g/mol. The Morgan fingerprint density at radius 2 is 1.90 bits per heavy atom. The van der Waals surface area contributed by atoms with Crippen molar-refractivity contribution in [2.75, 3.05) is 7.11 Å². The van der Waals surface area contributed by atoms with Crippen molar-refractivity contribution in [3.63, 3.8) is 0 Å². The van der Waals surface area contributed by atoms with Crippen LogP contribution >= 0.6 is 0 Å². The molecule has 0 bridgehead atoms. The summed E-state index contributed by atoms with van der Waals surface area (Å²) in [4.78, 5) is 11.5. The molecule has 4 nitrogen and oxygen atoms in total. The van der Waals surface area contributed by atoms with E-state index in [0.29, 0.717) is 17.0 Å². The Morgan fingerprint density at radius 3 is 2.52 bits per heavy atom. The van der Waals surface area contributed by atoms with Crippen molar-refractivity contribution in [1.82, 2.24) is 4.57 Å². The van der Waals surface area contributed by atoms with Crippen molar-refractivity contribution >= 4 is 5.97 Å². The molecule has 1 heterocycles. The van der Waals surface area contributed by atoms with Gasteiger partial charge in [-0.15, -0.1) is 13.2 Å². The standard InChI is InChI=1S/C14H12F3NO3/c1-18-11(6-7-12(18)13(19)20-2)9-4-3-5-10(8-9)21-14(15,16)17/h3-8H,1-2H3. The number of rotatable bonds is 3. The van der Waals surface area contributed by atoms with E-state index in [-0.39, 0.29) is 5.75 Å². The Balaban J connectivity index is 2.37. The van der Waals surface area contributed by atoms with E-state index in [2.05, 4.69) is 9.47 Å². The van der Waals surface area contributed by atoms with Gasteiger partial charge in [-0.1, -0.05) is 12.1 Å². The molecule has 7 heteroatoms. The molecule has 1 aromatic carbocycles. The smallest absolute Gasteiger partial charge is 0.464 e. The number of ether oxygens (including phenoxy) is 2. The van der Waals surface area contributed by atoms with E-state index in [0.717, 1.165) is 0 Å². The van der Waals surface area contributed by atoms with Gasteiger partial charge in [-0.05, 0) is 24.3 Å². The fraction of sp³-hybridized carbons (Fsp3) is 0.214. The maximum atomic E-state index is 12.2. The average Bonchev–Trinajstić information content (AvgIpc) is 2.78. The van der Waals surface area contributed by atoms with Crippen molar-refractivity contribution in [2.45, 2.75) is 6.36 Å². The van der Waals surface area contributed by atoms with Gasteiger partial charge in [-0.2, -0.15) is 0 Å². The zero-order valence-corrected chi connectivity index (χ0v) is 11.3. The van der Waals surface area contributed by atoms with Crippen LogP contribution in [0.1, 0.15) is 10.5 Å². The van der Waals surface area contributed by atoms with E-state index in [4.69, 9.17) is 0 Å². The van der Waals surface area contributed by atoms with Crippen LogP contribution in [0, 0.1) is 0 Å². The highest BCUT2D eigenvalue weighted by molar-refractivity contribution is 5.89. The highest BCUT2D eigenvalue weighted by atomic mass is 19.4. The molecule has 0 fully saturated rings. The lowest BCUT2D eigenvalue weighted by molar-refractivity contribution is -0.274. The highest BCUT2D eigenvalue weighted by Gasteiger charge is 2.31. The molecular weight excluding hydrogens is 287 g/mol. The van der Waals surface area contributed by atoms with Crippen LogP contribution in [0.2, 0.25) is 0 Å². The fourth-order valence-electron chi connectivity index (χ4n) is 1.96. The Morgan fingerprint density at radius 1 is 1.19 bits per heavy atom. The molecule has 0 aliphatic rings. The molecule has 2 aromatic rings. The molecule has 1 aromatic heterocycles. The van der Waals surface area contributed by atoms with E-state index in [1.54, 1.807) is 29.8 Å². The SMILES string of the molecule is COC(=O)c1ccc(-c2cccc(OC(F)(F)F)c2)n1C. The van der Waals surface area contributed by atoms with Crippen molar-refractivity contribution in [3.05, 3.63) is 42.1 Å². The Kier molecular flexibility index (Phi) is 3.93. The van der Waals surface area contributed by atoms with E-state index >= 15 is 0 Å². The summed E-state index contributed by atoms with van der Waals surface area (Å²) in [7, 11) is 2.88. The molecule has 0 unspecified atom stereocenters. The number of aromatic nitrogens is 1. The Bertz CT molecular complexity index is 662. The maximum absolute atomic E-state index is 12.2. The molecule has 0 aliphatic carbocycles. The number of halogens is 3. The molecule has 21 heavy (non-hydrogen) atoms. The zero-order valence-electron chi connectivity index (χ0n) is 11.3. The molecule has 0 amide bonds. The topological polar surface area (TPSA) is 40.5 Å². The number of nitrogens with zero attached hydrogens (tertiary/aromatic N) is 1. The first-order chi connectivity index (χ1) is 9.81. The zero-order chi connectivity index (χ0) is 15.6. The van der Waals surface area contributed by atoms with Crippen LogP contribution in [0.4, 0.5) is 13.2 Å². The number of carbonyl (C=O) groups excluding carboxylic acids is 1. The summed E-state index contributed by atoms with van der Waals surface area (Å²) in [6.45, 7) is 0. The van der Waals surface area contributed by atoms with Crippen molar-refractivity contribution in [1.29, 1.82) is 0 Å². The predicted octanol–water partition coefficient (Wildman–Crippen LogP) is 3.38. The second-order valence-electron chi connectivity index (χ2n) is 4.23. The van der Waals surface area contributed by atoms with E-state index < -0.39 is 12.3 Å². The van der Waals surface area contributed by atoms with E-state index in [1.165, 1.54) is 25.3 Å². The number of hydrogen-bond acceptors (Lipinski definition) is 3. The lowest BCUT2D eigenvalue weighted by Crippen LogP contribution is -2.17. The first kappa shape index (κ1) is 15.0. The quantitative estimate of drug-likeness (QED) is 0.816. The minimum Gasteiger partial charge on any atom is -0.464 e. The number of methoxy groups -OCH3 is 1. The number of alkyl halides is 3. The summed E-state index contributed by atoms with van der Waals surface area (Å²) >= 11 is 0. The summed E-state index contributed by atoms with van der Waals surface area (Å²) in [6, 6.07) is 8.70. The van der Waals surface area contributed by atoms with E-state index in [9.17, 15) is 18.0 Å². The van der Waals surface area contributed by atoms with Gasteiger partial charge in [0.2, 0.25) is 0 Å². The van der Waals surface area contributed by atoms with Gasteiger partial charge in [0, 0.05) is 18.3 Å². The third kappa shape index (κ3) is 3.36. The minimum atomic E-state index is -4.75. The summed E-state index contributed by atoms with van der Waals surface area (Å²) in [5, 5.41) is 0. The van der Waals surface area contributed by atoms with Gasteiger partial charge in [-0.3, -0.25) is 0 Å². The van der Waals surface area contributed by atoms with E-state index in [1.807, 2.05) is 0 Å². The van der Waals surface area contributed by atoms with Crippen molar-refractivity contribution in [2.24, 2.45) is 7.05 Å². The molecule has 112 valence electrons. The predicted molar refractivity (Wildman–Crippen MR) is 68.9 cm³/mol. The monoisotopic (exact) mass is 299 g/mol. The van der Waals surface area contributed by atoms with Gasteiger partial charge >= 0.3 is 12.3 Å². The van der Waals surface area contributed by atoms with Gasteiger partial charge in [0.05, 0.1) is 7.11 Å². The molecule has 2 rings (SSSR count). The minimum absolute atomic E-state index is 0.301. The number of esters is 1. The lowest BCUT2D eigenvalue weighted by Gasteiger charge is -2.11.